The summed E-state index contributed by atoms with van der Waals surface area (Å²) in [6, 6.07) is 14.8. The van der Waals surface area contributed by atoms with Gasteiger partial charge in [-0.15, -0.1) is 5.10 Å². The van der Waals surface area contributed by atoms with Crippen LogP contribution < -0.4 is 11.1 Å². The van der Waals surface area contributed by atoms with Gasteiger partial charge in [0.1, 0.15) is 18.0 Å². The summed E-state index contributed by atoms with van der Waals surface area (Å²) >= 11 is 0. The molecule has 0 saturated heterocycles. The Morgan fingerprint density at radius 1 is 1.10 bits per heavy atom. The Balaban J connectivity index is 1.42. The van der Waals surface area contributed by atoms with Crippen molar-refractivity contribution in [3.63, 3.8) is 0 Å². The van der Waals surface area contributed by atoms with E-state index < -0.39 is 29.1 Å². The molecule has 4 N–H and O–H groups in total. The van der Waals surface area contributed by atoms with E-state index in [1.807, 2.05) is 0 Å². The minimum absolute atomic E-state index is 0.0140. The standard InChI is InChI=1S/C26H20F4N8O2/c27-20-11-15(18-6-1-2-7-19(18)26(28,29)30)8-9-21(20)34-24(39)25(13-38-14-33-36-37-38)12-22(35-40-25)16-4-3-5-17(10-16)23(31)32/h1-11,14H,12-13H2,(H3,31,32)(H,34,39). The zero-order chi connectivity index (χ0) is 28.5. The first-order valence-electron chi connectivity index (χ1n) is 11.7. The number of tetrazole rings is 1. The van der Waals surface area contributed by atoms with Gasteiger partial charge in [0.15, 0.2) is 0 Å². The van der Waals surface area contributed by atoms with Gasteiger partial charge in [-0.25, -0.2) is 9.07 Å². The van der Waals surface area contributed by atoms with Crippen LogP contribution in [-0.4, -0.2) is 43.3 Å². The molecular formula is C26H20F4N8O2. The molecule has 1 aromatic heterocycles. The molecule has 2 heterocycles. The van der Waals surface area contributed by atoms with Crippen molar-refractivity contribution in [2.24, 2.45) is 10.9 Å². The number of oxime groups is 1. The maximum absolute atomic E-state index is 15.1. The van der Waals surface area contributed by atoms with Gasteiger partial charge in [0.25, 0.3) is 5.91 Å². The number of halogens is 4. The fourth-order valence-corrected chi connectivity index (χ4v) is 4.29. The number of amidine groups is 1. The smallest absolute Gasteiger partial charge is 0.384 e. The second-order valence-electron chi connectivity index (χ2n) is 8.99. The van der Waals surface area contributed by atoms with E-state index in [2.05, 4.69) is 26.0 Å². The minimum atomic E-state index is -4.63. The molecule has 204 valence electrons. The highest BCUT2D eigenvalue weighted by molar-refractivity contribution is 6.09. The van der Waals surface area contributed by atoms with Crippen LogP contribution in [0.2, 0.25) is 0 Å². The molecule has 3 aromatic carbocycles. The molecule has 1 aliphatic rings. The number of hydrogen-bond acceptors (Lipinski definition) is 7. The summed E-state index contributed by atoms with van der Waals surface area (Å²) in [6.07, 6.45) is -3.44. The lowest BCUT2D eigenvalue weighted by Crippen LogP contribution is -2.47. The number of rotatable bonds is 7. The van der Waals surface area contributed by atoms with Gasteiger partial charge in [-0.05, 0) is 45.8 Å². The molecule has 0 aliphatic carbocycles. The summed E-state index contributed by atoms with van der Waals surface area (Å²) in [7, 11) is 0. The Morgan fingerprint density at radius 3 is 2.60 bits per heavy atom. The van der Waals surface area contributed by atoms with Gasteiger partial charge in [0, 0.05) is 17.5 Å². The summed E-state index contributed by atoms with van der Waals surface area (Å²) < 4.78 is 56.8. The van der Waals surface area contributed by atoms with Crippen molar-refractivity contribution in [3.05, 3.63) is 95.6 Å². The third-order valence-corrected chi connectivity index (χ3v) is 6.27. The van der Waals surface area contributed by atoms with Crippen LogP contribution in [-0.2, 0) is 22.4 Å². The fraction of sp³-hybridized carbons (Fsp3) is 0.154. The normalized spacial score (nSPS) is 16.8. The van der Waals surface area contributed by atoms with Crippen LogP contribution in [0.15, 0.2) is 78.2 Å². The average molecular weight is 552 g/mol. The first-order valence-corrected chi connectivity index (χ1v) is 11.7. The lowest BCUT2D eigenvalue weighted by Gasteiger charge is -2.25. The number of nitrogen functional groups attached to an aromatic ring is 1. The number of nitrogens with zero attached hydrogens (tertiary/aromatic N) is 5. The molecule has 0 fully saturated rings. The number of nitrogens with two attached hydrogens (primary N) is 1. The first kappa shape index (κ1) is 26.5. The SMILES string of the molecule is N=C(N)c1cccc(C2=NOC(Cn3cnnn3)(C(=O)Nc3ccc(-c4ccccc4C(F)(F)F)cc3F)C2)c1. The van der Waals surface area contributed by atoms with Gasteiger partial charge < -0.3 is 15.9 Å². The average Bonchev–Trinajstić information content (AvgIpc) is 3.60. The van der Waals surface area contributed by atoms with Gasteiger partial charge in [0.05, 0.1) is 23.5 Å². The van der Waals surface area contributed by atoms with E-state index in [1.165, 1.54) is 41.3 Å². The summed E-state index contributed by atoms with van der Waals surface area (Å²) in [5.74, 6) is -1.89. The first-order chi connectivity index (χ1) is 19.1. The van der Waals surface area contributed by atoms with Crippen molar-refractivity contribution in [3.8, 4) is 11.1 Å². The number of benzene rings is 3. The van der Waals surface area contributed by atoms with Crippen molar-refractivity contribution in [2.45, 2.75) is 24.7 Å². The number of anilines is 1. The van der Waals surface area contributed by atoms with E-state index in [0.717, 1.165) is 12.1 Å². The molecule has 1 amide bonds. The van der Waals surface area contributed by atoms with Crippen LogP contribution in [0.1, 0.15) is 23.1 Å². The maximum atomic E-state index is 15.1. The van der Waals surface area contributed by atoms with Gasteiger partial charge >= 0.3 is 6.18 Å². The highest BCUT2D eigenvalue weighted by Crippen LogP contribution is 2.38. The Kier molecular flexibility index (Phi) is 6.75. The van der Waals surface area contributed by atoms with Crippen molar-refractivity contribution < 1.29 is 27.2 Å². The zero-order valence-electron chi connectivity index (χ0n) is 20.5. The molecule has 14 heteroatoms. The van der Waals surface area contributed by atoms with E-state index >= 15 is 4.39 Å². The van der Waals surface area contributed by atoms with Crippen LogP contribution in [0, 0.1) is 11.2 Å². The number of amides is 1. The molecule has 1 atom stereocenters. The zero-order valence-corrected chi connectivity index (χ0v) is 20.5. The summed E-state index contributed by atoms with van der Waals surface area (Å²) in [5.41, 5.74) is 3.84. The monoisotopic (exact) mass is 552 g/mol. The van der Waals surface area contributed by atoms with E-state index in [0.29, 0.717) is 16.8 Å². The molecule has 1 unspecified atom stereocenters. The molecule has 5 rings (SSSR count). The minimum Gasteiger partial charge on any atom is -0.384 e. The predicted molar refractivity (Wildman–Crippen MR) is 136 cm³/mol. The van der Waals surface area contributed by atoms with Crippen molar-refractivity contribution >= 4 is 23.1 Å². The summed E-state index contributed by atoms with van der Waals surface area (Å²) in [6.45, 7) is -0.191. The van der Waals surface area contributed by atoms with Crippen LogP contribution in [0.4, 0.5) is 23.2 Å². The van der Waals surface area contributed by atoms with Crippen LogP contribution in [0.3, 0.4) is 0 Å². The lowest BCUT2D eigenvalue weighted by molar-refractivity contribution is -0.140. The van der Waals surface area contributed by atoms with E-state index in [-0.39, 0.29) is 35.6 Å². The summed E-state index contributed by atoms with van der Waals surface area (Å²) in [5, 5.41) is 25.1. The van der Waals surface area contributed by atoms with Crippen LogP contribution >= 0.6 is 0 Å². The van der Waals surface area contributed by atoms with Gasteiger partial charge in [-0.3, -0.25) is 10.2 Å². The molecule has 40 heavy (non-hydrogen) atoms. The molecule has 0 bridgehead atoms. The molecular weight excluding hydrogens is 532 g/mol. The van der Waals surface area contributed by atoms with Crippen molar-refractivity contribution in [1.29, 1.82) is 5.41 Å². The Bertz CT molecular complexity index is 1620. The van der Waals surface area contributed by atoms with Crippen LogP contribution in [0.25, 0.3) is 11.1 Å². The second-order valence-corrected chi connectivity index (χ2v) is 8.99. The lowest BCUT2D eigenvalue weighted by atomic mass is 9.92. The maximum Gasteiger partial charge on any atom is 0.417 e. The predicted octanol–water partition coefficient (Wildman–Crippen LogP) is 3.98. The Labute approximate surface area is 223 Å². The van der Waals surface area contributed by atoms with E-state index in [4.69, 9.17) is 16.0 Å². The third-order valence-electron chi connectivity index (χ3n) is 6.27. The molecule has 0 spiro atoms. The molecule has 0 saturated carbocycles. The highest BCUT2D eigenvalue weighted by atomic mass is 19.4. The number of carbonyl (C=O) groups is 1. The quantitative estimate of drug-likeness (QED) is 0.180. The van der Waals surface area contributed by atoms with Gasteiger partial charge in [-0.1, -0.05) is 47.6 Å². The molecule has 10 nitrogen and oxygen atoms in total. The third kappa shape index (κ3) is 5.23. The van der Waals surface area contributed by atoms with Crippen molar-refractivity contribution in [1.82, 2.24) is 20.2 Å². The largest absolute Gasteiger partial charge is 0.417 e. The van der Waals surface area contributed by atoms with Gasteiger partial charge in [0.2, 0.25) is 5.60 Å². The highest BCUT2D eigenvalue weighted by Gasteiger charge is 2.48. The number of nitrogens with one attached hydrogen (secondary N) is 2. The Hall–Kier alpha value is -5.14. The second kappa shape index (κ2) is 10.2. The van der Waals surface area contributed by atoms with Gasteiger partial charge in [-0.2, -0.15) is 13.2 Å². The van der Waals surface area contributed by atoms with E-state index in [9.17, 15) is 18.0 Å². The van der Waals surface area contributed by atoms with Crippen molar-refractivity contribution in [2.75, 3.05) is 5.32 Å². The van der Waals surface area contributed by atoms with Crippen LogP contribution in [0.5, 0.6) is 0 Å². The number of hydrogen-bond donors (Lipinski definition) is 3. The molecule has 0 radical (unpaired) electrons. The number of alkyl halides is 3. The Morgan fingerprint density at radius 2 is 1.90 bits per heavy atom. The topological polar surface area (TPSA) is 144 Å². The molecule has 1 aliphatic heterocycles. The summed E-state index contributed by atoms with van der Waals surface area (Å²) in [4.78, 5) is 19.2. The van der Waals surface area contributed by atoms with E-state index in [1.54, 1.807) is 24.3 Å². The number of carbonyl (C=O) groups excluding carboxylic acids is 1. The molecule has 4 aromatic rings. The number of aromatic nitrogens is 4. The fourth-order valence-electron chi connectivity index (χ4n) is 4.29.